The zero-order chi connectivity index (χ0) is 20.9. The summed E-state index contributed by atoms with van der Waals surface area (Å²) in [5, 5.41) is 10.1. The Hall–Kier alpha value is -1.10. The van der Waals surface area contributed by atoms with Gasteiger partial charge in [0.1, 0.15) is 0 Å². The summed E-state index contributed by atoms with van der Waals surface area (Å²) in [6, 6.07) is 17.6. The molecule has 0 spiro atoms. The smallest absolute Gasteiger partial charge is 0.0149 e. The predicted molar refractivity (Wildman–Crippen MR) is 136 cm³/mol. The van der Waals surface area contributed by atoms with Gasteiger partial charge in [-0.15, -0.1) is 0 Å². The van der Waals surface area contributed by atoms with E-state index in [1.54, 1.807) is 0 Å². The van der Waals surface area contributed by atoms with E-state index in [1.165, 1.54) is 55.8 Å². The zero-order valence-electron chi connectivity index (χ0n) is 19.1. The molecule has 3 aromatic carbocycles. The topological polar surface area (TPSA) is 29.1 Å². The molecule has 2 nitrogen and oxygen atoms in total. The summed E-state index contributed by atoms with van der Waals surface area (Å²) >= 11 is -2.70. The van der Waals surface area contributed by atoms with Crippen molar-refractivity contribution in [3.63, 3.8) is 0 Å². The van der Waals surface area contributed by atoms with Crippen molar-refractivity contribution in [3.05, 3.63) is 63.5 Å². The van der Waals surface area contributed by atoms with Crippen LogP contribution >= 0.6 is 0 Å². The quantitative estimate of drug-likeness (QED) is 0.367. The van der Waals surface area contributed by atoms with Crippen LogP contribution in [0.5, 0.6) is 0 Å². The number of rotatable bonds is 3. The molecule has 176 valence electrons. The summed E-state index contributed by atoms with van der Waals surface area (Å²) in [6.45, 7) is 2.35. The zero-order valence-corrected chi connectivity index (χ0v) is 22.1. The molecule has 0 aromatic heterocycles. The molecule has 1 amide bonds. The maximum Gasteiger partial charge on any atom is -0.0149 e. The number of nitrogens with one attached hydrogen (secondary N) is 1. The van der Waals surface area contributed by atoms with Crippen molar-refractivity contribution in [2.75, 3.05) is 0 Å². The van der Waals surface area contributed by atoms with Crippen molar-refractivity contribution in [3.8, 4) is 0 Å². The number of amides is 1. The van der Waals surface area contributed by atoms with E-state index in [9.17, 15) is 4.79 Å². The van der Waals surface area contributed by atoms with Crippen LogP contribution in [0.2, 0.25) is 10.5 Å². The van der Waals surface area contributed by atoms with E-state index in [4.69, 9.17) is 0 Å². The van der Waals surface area contributed by atoms with Crippen LogP contribution in [0.15, 0.2) is 52.4 Å². The molecule has 0 radical (unpaired) electrons. The number of hydrogen-bond donors (Lipinski definition) is 1. The van der Waals surface area contributed by atoms with Crippen molar-refractivity contribution in [1.29, 1.82) is 0 Å². The van der Waals surface area contributed by atoms with Gasteiger partial charge >= 0.3 is 184 Å². The molecule has 0 saturated heterocycles. The van der Waals surface area contributed by atoms with Crippen molar-refractivity contribution in [2.24, 2.45) is 5.92 Å². The van der Waals surface area contributed by atoms with Crippen LogP contribution in [0.4, 0.5) is 0 Å². The molecule has 0 bridgehead atoms. The number of allylic oxidation sites excluding steroid dienone is 1. The first-order valence-electron chi connectivity index (χ1n) is 11.4. The Morgan fingerprint density at radius 3 is 1.97 bits per heavy atom. The Kier molecular flexibility index (Phi) is 9.46. The fourth-order valence-corrected chi connectivity index (χ4v) is 10.0. The van der Waals surface area contributed by atoms with Crippen LogP contribution < -0.4 is 28.6 Å². The van der Waals surface area contributed by atoms with Crippen molar-refractivity contribution >= 4 is 44.5 Å². The number of hydrogen-bond acceptors (Lipinski definition) is 1. The van der Waals surface area contributed by atoms with Crippen molar-refractivity contribution < 1.29 is 46.5 Å². The molecule has 0 aliphatic heterocycles. The third-order valence-corrected chi connectivity index (χ3v) is 11.9. The van der Waals surface area contributed by atoms with Crippen LogP contribution in [0.1, 0.15) is 56.1 Å². The first-order valence-corrected chi connectivity index (χ1v) is 16.1. The molecule has 2 aliphatic carbocycles. The summed E-state index contributed by atoms with van der Waals surface area (Å²) in [6.07, 6.45) is 8.26. The third kappa shape index (κ3) is 4.99. The number of fused-ring (bicyclic) bond motifs is 6. The van der Waals surface area contributed by atoms with E-state index in [0.717, 1.165) is 12.8 Å². The van der Waals surface area contributed by atoms with E-state index in [-0.39, 0.29) is 41.7 Å². The number of carbonyl (C=O) groups is 1. The molecule has 1 fully saturated rings. The van der Waals surface area contributed by atoms with Gasteiger partial charge in [0, 0.05) is 0 Å². The van der Waals surface area contributed by atoms with Gasteiger partial charge in [0.05, 0.1) is 0 Å². The Labute approximate surface area is 218 Å². The molecular weight excluding hydrogens is 501 g/mol. The molecule has 1 unspecified atom stereocenters. The summed E-state index contributed by atoms with van der Waals surface area (Å²) in [5.74, 6) is 0.902. The number of benzene rings is 3. The summed E-state index contributed by atoms with van der Waals surface area (Å²) in [7, 11) is 0. The van der Waals surface area contributed by atoms with Crippen molar-refractivity contribution in [1.82, 2.24) is 3.80 Å². The van der Waals surface area contributed by atoms with Gasteiger partial charge in [-0.2, -0.15) is 0 Å². The molecular formula is C27H35Cl2NOSiTi. The normalized spacial score (nSPS) is 17.4. The van der Waals surface area contributed by atoms with Crippen LogP contribution in [0.25, 0.3) is 27.6 Å². The third-order valence-electron chi connectivity index (χ3n) is 7.35. The summed E-state index contributed by atoms with van der Waals surface area (Å²) < 4.78 is 5.11. The fraction of sp³-hybridized carbons (Fsp3) is 0.370. The molecule has 3 aromatic rings. The Morgan fingerprint density at radius 2 is 1.36 bits per heavy atom. The molecule has 1 atom stereocenters. The Bertz CT molecular complexity index is 1190. The predicted octanol–water partition coefficient (Wildman–Crippen LogP) is -0.131. The second kappa shape index (κ2) is 11.1. The van der Waals surface area contributed by atoms with Gasteiger partial charge in [0.2, 0.25) is 0 Å². The van der Waals surface area contributed by atoms with Gasteiger partial charge in [-0.05, 0) is 11.0 Å². The minimum atomic E-state index is -2.70. The monoisotopic (exact) mass is 535 g/mol. The van der Waals surface area contributed by atoms with Crippen LogP contribution in [0.3, 0.4) is 0 Å². The molecule has 0 heterocycles. The van der Waals surface area contributed by atoms with Gasteiger partial charge in [0.25, 0.3) is 0 Å². The van der Waals surface area contributed by atoms with E-state index < -0.39 is 16.8 Å². The van der Waals surface area contributed by atoms with E-state index in [0.29, 0.717) is 11.8 Å². The standard InChI is InChI=1S/C18H13.C7H13NO.2CH3.2ClH.H4Si.Ti/c1-12-10-11-17-15-8-3-2-6-13(15)14-7-4-5-9-16(14)18(12)17;8-7(9)6-4-2-1-3-5-6;;;;;;/h2-9,11-12H,1H3;6H,1-5H2,(H2,8,9);2*1H3;2*1H;1H4;/q;;;;;;;+3/p-3. The Balaban J connectivity index is 0.00000128. The molecule has 6 heteroatoms. The average Bonchev–Trinajstić information content (AvgIpc) is 3.13. The molecule has 5 rings (SSSR count). The van der Waals surface area contributed by atoms with Gasteiger partial charge in [0.15, 0.2) is 0 Å². The van der Waals surface area contributed by atoms with Crippen molar-refractivity contribution in [2.45, 2.75) is 55.4 Å². The van der Waals surface area contributed by atoms with Gasteiger partial charge < -0.3 is 24.8 Å². The SMILES string of the molecule is CC1[C]([Ti+2]([CH3])([CH3])[NH]C(=O)C2CCCCC2)=Cc2c1c1ccccc1c1ccccc21.[Cl-].[Cl-].[SiH4]. The largest absolute Gasteiger partial charge is 1.00 e. The van der Waals surface area contributed by atoms with Crippen LogP contribution in [-0.2, 0) is 21.6 Å². The molecule has 1 N–H and O–H groups in total. The number of carbonyl (C=O) groups excluding carboxylic acids is 1. The van der Waals surface area contributed by atoms with E-state index in [2.05, 4.69) is 75.8 Å². The Morgan fingerprint density at radius 1 is 0.848 bits per heavy atom. The second-order valence-corrected chi connectivity index (χ2v) is 16.1. The first kappa shape index (κ1) is 28.1. The first-order chi connectivity index (χ1) is 14.5. The minimum Gasteiger partial charge on any atom is -1.00 e. The van der Waals surface area contributed by atoms with Crippen LogP contribution in [0, 0.1) is 5.92 Å². The summed E-state index contributed by atoms with van der Waals surface area (Å²) in [4.78, 5) is 13.1. The van der Waals surface area contributed by atoms with Crippen LogP contribution in [-0.4, -0.2) is 16.9 Å². The molecule has 33 heavy (non-hydrogen) atoms. The van der Waals surface area contributed by atoms with E-state index in [1.807, 2.05) is 0 Å². The van der Waals surface area contributed by atoms with Gasteiger partial charge in [-0.25, -0.2) is 0 Å². The maximum absolute atomic E-state index is 13.1. The fourth-order valence-electron chi connectivity index (χ4n) is 5.82. The maximum atomic E-state index is 13.1. The van der Waals surface area contributed by atoms with Gasteiger partial charge in [-0.1, -0.05) is 0 Å². The van der Waals surface area contributed by atoms with E-state index >= 15 is 0 Å². The van der Waals surface area contributed by atoms with Gasteiger partial charge in [-0.3, -0.25) is 0 Å². The molecule has 1 saturated carbocycles. The average molecular weight is 536 g/mol. The number of halogens is 2. The minimum absolute atomic E-state index is 0. The summed E-state index contributed by atoms with van der Waals surface area (Å²) in [5.41, 5.74) is 2.82. The second-order valence-electron chi connectivity index (χ2n) is 9.69. The molecule has 2 aliphatic rings.